The molecule has 0 saturated heterocycles. The van der Waals surface area contributed by atoms with Crippen LogP contribution in [0.1, 0.15) is 0 Å². The van der Waals surface area contributed by atoms with Gasteiger partial charge in [-0.25, -0.2) is 0 Å². The fraction of sp³-hybridized carbons (Fsp3) is 0.429. The van der Waals surface area contributed by atoms with Crippen molar-refractivity contribution in [1.29, 1.82) is 0 Å². The van der Waals surface area contributed by atoms with Crippen molar-refractivity contribution in [2.45, 2.75) is 0 Å². The molecule has 3 nitrogen and oxygen atoms in total. The Morgan fingerprint density at radius 3 is 2.08 bits per heavy atom. The molecule has 0 spiro atoms. The van der Waals surface area contributed by atoms with E-state index < -0.39 is 8.80 Å². The zero-order valence-corrected chi connectivity index (χ0v) is 11.1. The van der Waals surface area contributed by atoms with Gasteiger partial charge in [0.15, 0.2) is 0 Å². The van der Waals surface area contributed by atoms with Gasteiger partial charge in [0.25, 0.3) is 0 Å². The quantitative estimate of drug-likeness (QED) is 0.786. The average molecular weight is 283 g/mol. The first-order valence-corrected chi connectivity index (χ1v) is 6.99. The van der Waals surface area contributed by atoms with Crippen LogP contribution in [-0.2, 0) is 13.3 Å². The van der Waals surface area contributed by atoms with Gasteiger partial charge in [-0.2, -0.15) is 0 Å². The highest BCUT2D eigenvalue weighted by Crippen LogP contribution is 2.20. The van der Waals surface area contributed by atoms with Crippen LogP contribution in [0.2, 0.25) is 0 Å². The van der Waals surface area contributed by atoms with E-state index >= 15 is 0 Å². The topological polar surface area (TPSA) is 27.7 Å². The number of hydrogen-bond donors (Lipinski definition) is 0. The Morgan fingerprint density at radius 2 is 1.77 bits per heavy atom. The predicted molar refractivity (Wildman–Crippen MR) is 58.4 cm³/mol. The molecule has 0 unspecified atom stereocenters. The van der Waals surface area contributed by atoms with E-state index in [1.165, 1.54) is 0 Å². The zero-order chi connectivity index (χ0) is 9.90. The van der Waals surface area contributed by atoms with Crippen molar-refractivity contribution < 1.29 is 13.3 Å². The molecule has 74 valence electrons. The normalized spacial score (nSPS) is 12.0. The summed E-state index contributed by atoms with van der Waals surface area (Å²) in [6, 6.07) is 1.96. The smallest absolute Gasteiger partial charge is 0.373 e. The van der Waals surface area contributed by atoms with Crippen LogP contribution in [-0.4, -0.2) is 30.1 Å². The highest BCUT2D eigenvalue weighted by atomic mass is 79.9. The molecule has 6 heteroatoms. The predicted octanol–water partition coefficient (Wildman–Crippen LogP) is 1.60. The monoisotopic (exact) mass is 282 g/mol. The van der Waals surface area contributed by atoms with Crippen LogP contribution in [0.15, 0.2) is 15.2 Å². The van der Waals surface area contributed by atoms with Crippen LogP contribution in [0.3, 0.4) is 0 Å². The van der Waals surface area contributed by atoms with Gasteiger partial charge in [-0.1, -0.05) is 0 Å². The highest BCUT2D eigenvalue weighted by molar-refractivity contribution is 9.11. The largest absolute Gasteiger partial charge is 0.538 e. The molecule has 0 atom stereocenters. The third-order valence-corrected chi connectivity index (χ3v) is 6.68. The third kappa shape index (κ3) is 2.03. The number of rotatable bonds is 4. The molecule has 1 rings (SSSR count). The first-order chi connectivity index (χ1) is 6.20. The maximum atomic E-state index is 5.33. The molecule has 0 N–H and O–H groups in total. The lowest BCUT2D eigenvalue weighted by atomic mass is 10.7. The van der Waals surface area contributed by atoms with E-state index in [4.69, 9.17) is 13.3 Å². The second-order valence-corrected chi connectivity index (χ2v) is 7.39. The molecule has 1 aromatic heterocycles. The van der Waals surface area contributed by atoms with Crippen molar-refractivity contribution in [3.63, 3.8) is 0 Å². The molecule has 0 aliphatic heterocycles. The molecule has 0 bridgehead atoms. The molecule has 0 aliphatic carbocycles. The molecule has 0 fully saturated rings. The van der Waals surface area contributed by atoms with E-state index in [1.54, 1.807) is 32.7 Å². The summed E-state index contributed by atoms with van der Waals surface area (Å²) >= 11 is 5.03. The van der Waals surface area contributed by atoms with E-state index in [0.717, 1.165) is 8.97 Å². The van der Waals surface area contributed by atoms with Gasteiger partial charge in [-0.05, 0) is 27.4 Å². The van der Waals surface area contributed by atoms with Crippen molar-refractivity contribution in [3.05, 3.63) is 15.2 Å². The first-order valence-electron chi connectivity index (χ1n) is 3.59. The van der Waals surface area contributed by atoms with Gasteiger partial charge in [0.1, 0.15) is 0 Å². The minimum Gasteiger partial charge on any atom is -0.373 e. The Kier molecular flexibility index (Phi) is 4.08. The second kappa shape index (κ2) is 4.67. The van der Waals surface area contributed by atoms with Crippen LogP contribution in [0.5, 0.6) is 0 Å². The fourth-order valence-corrected chi connectivity index (χ4v) is 5.16. The summed E-state index contributed by atoms with van der Waals surface area (Å²) in [4.78, 5) is 0. The van der Waals surface area contributed by atoms with Crippen molar-refractivity contribution >= 4 is 41.3 Å². The number of halogens is 1. The summed E-state index contributed by atoms with van der Waals surface area (Å²) in [5, 5.41) is 2.95. The van der Waals surface area contributed by atoms with Crippen molar-refractivity contribution in [1.82, 2.24) is 0 Å². The second-order valence-electron chi connectivity index (χ2n) is 2.28. The SMILES string of the molecule is CO[Si](OC)(OC)c1ccsc1Br. The average Bonchev–Trinajstić information content (AvgIpc) is 2.57. The van der Waals surface area contributed by atoms with E-state index in [-0.39, 0.29) is 0 Å². The summed E-state index contributed by atoms with van der Waals surface area (Å²) in [5.74, 6) is 0. The van der Waals surface area contributed by atoms with Gasteiger partial charge >= 0.3 is 8.80 Å². The molecular formula is C7H11BrO3SSi. The summed E-state index contributed by atoms with van der Waals surface area (Å²) in [6.45, 7) is 0. The third-order valence-electron chi connectivity index (χ3n) is 1.75. The molecule has 1 aromatic rings. The van der Waals surface area contributed by atoms with E-state index in [2.05, 4.69) is 15.9 Å². The summed E-state index contributed by atoms with van der Waals surface area (Å²) in [6.07, 6.45) is 0. The minimum absolute atomic E-state index is 0.977. The highest BCUT2D eigenvalue weighted by Gasteiger charge is 2.42. The van der Waals surface area contributed by atoms with Crippen LogP contribution < -0.4 is 5.19 Å². The van der Waals surface area contributed by atoms with Gasteiger partial charge < -0.3 is 13.3 Å². The number of hydrogen-bond acceptors (Lipinski definition) is 4. The van der Waals surface area contributed by atoms with Crippen molar-refractivity contribution in [3.8, 4) is 0 Å². The lowest BCUT2D eigenvalue weighted by molar-refractivity contribution is 0.140. The Hall–Kier alpha value is 0.277. The molecule has 13 heavy (non-hydrogen) atoms. The number of thiophene rings is 1. The summed E-state index contributed by atoms with van der Waals surface area (Å²) < 4.78 is 17.0. The summed E-state index contributed by atoms with van der Waals surface area (Å²) in [7, 11) is 2.18. The Balaban J connectivity index is 3.07. The Labute approximate surface area is 91.1 Å². The molecule has 0 aliphatic rings. The first kappa shape index (κ1) is 11.4. The zero-order valence-electron chi connectivity index (χ0n) is 7.67. The lowest BCUT2D eigenvalue weighted by Gasteiger charge is -2.23. The molecule has 0 radical (unpaired) electrons. The van der Waals surface area contributed by atoms with Gasteiger partial charge in [0.05, 0.1) is 3.79 Å². The van der Waals surface area contributed by atoms with Gasteiger partial charge in [0.2, 0.25) is 0 Å². The van der Waals surface area contributed by atoms with E-state index in [0.29, 0.717) is 0 Å². The fourth-order valence-electron chi connectivity index (χ4n) is 1.09. The lowest BCUT2D eigenvalue weighted by Crippen LogP contribution is -2.54. The van der Waals surface area contributed by atoms with Gasteiger partial charge in [-0.3, -0.25) is 0 Å². The molecule has 0 amide bonds. The maximum Gasteiger partial charge on any atom is 0.538 e. The Morgan fingerprint density at radius 1 is 1.23 bits per heavy atom. The van der Waals surface area contributed by atoms with Crippen LogP contribution in [0, 0.1) is 0 Å². The van der Waals surface area contributed by atoms with E-state index in [9.17, 15) is 0 Å². The molecule has 0 aromatic carbocycles. The van der Waals surface area contributed by atoms with Gasteiger partial charge in [0, 0.05) is 26.5 Å². The van der Waals surface area contributed by atoms with Crippen LogP contribution in [0.4, 0.5) is 0 Å². The van der Waals surface area contributed by atoms with Crippen molar-refractivity contribution in [2.75, 3.05) is 21.3 Å². The standard InChI is InChI=1S/C7H11BrO3SSi/c1-9-13(10-2,11-3)6-4-5-12-7(6)8/h4-5H,1-3H3. The van der Waals surface area contributed by atoms with Crippen molar-refractivity contribution in [2.24, 2.45) is 0 Å². The minimum atomic E-state index is -2.62. The molecular weight excluding hydrogens is 272 g/mol. The van der Waals surface area contributed by atoms with Gasteiger partial charge in [-0.15, -0.1) is 11.3 Å². The molecule has 0 saturated carbocycles. The van der Waals surface area contributed by atoms with Crippen LogP contribution in [0.25, 0.3) is 0 Å². The maximum absolute atomic E-state index is 5.33. The summed E-state index contributed by atoms with van der Waals surface area (Å²) in [5.41, 5.74) is 0. The Bertz CT molecular complexity index is 266. The van der Waals surface area contributed by atoms with E-state index in [1.807, 2.05) is 11.4 Å². The van der Waals surface area contributed by atoms with Crippen LogP contribution >= 0.6 is 27.3 Å². The molecule has 1 heterocycles.